The first kappa shape index (κ1) is 31.4. The van der Waals surface area contributed by atoms with Gasteiger partial charge in [-0.15, -0.1) is 0 Å². The second kappa shape index (κ2) is 13.3. The number of piperazine rings is 1. The fourth-order valence-corrected chi connectivity index (χ4v) is 6.08. The maximum atomic E-state index is 13.7. The van der Waals surface area contributed by atoms with Gasteiger partial charge in [0.15, 0.2) is 17.3 Å². The molecule has 1 fully saturated rings. The maximum absolute atomic E-state index is 13.7. The number of ether oxygens (including phenoxy) is 3. The summed E-state index contributed by atoms with van der Waals surface area (Å²) in [4.78, 5) is 55.2. The first-order chi connectivity index (χ1) is 21.7. The maximum Gasteiger partial charge on any atom is 0.289 e. The summed E-state index contributed by atoms with van der Waals surface area (Å²) in [5.74, 6) is 1.03. The van der Waals surface area contributed by atoms with Crippen molar-refractivity contribution in [3.63, 3.8) is 0 Å². The summed E-state index contributed by atoms with van der Waals surface area (Å²) in [6.07, 6.45) is 2.57. The summed E-state index contributed by atoms with van der Waals surface area (Å²) in [6, 6.07) is 8.98. The van der Waals surface area contributed by atoms with Crippen molar-refractivity contribution in [2.75, 3.05) is 52.8 Å². The Morgan fingerprint density at radius 3 is 2.29 bits per heavy atom. The molecule has 2 atom stereocenters. The van der Waals surface area contributed by atoms with Crippen LogP contribution in [0.15, 0.2) is 51.9 Å². The van der Waals surface area contributed by atoms with Crippen LogP contribution in [-0.2, 0) is 16.0 Å². The van der Waals surface area contributed by atoms with Gasteiger partial charge < -0.3 is 39.1 Å². The van der Waals surface area contributed by atoms with E-state index in [1.807, 2.05) is 12.1 Å². The Hall–Kier alpha value is -5.00. The number of nitrogens with one attached hydrogen (secondary N) is 2. The molecule has 0 spiro atoms. The van der Waals surface area contributed by atoms with Crippen molar-refractivity contribution in [1.82, 2.24) is 15.1 Å². The fourth-order valence-electron chi connectivity index (χ4n) is 6.08. The van der Waals surface area contributed by atoms with Crippen molar-refractivity contribution in [3.05, 3.63) is 69.8 Å². The number of aryl methyl sites for hydroxylation is 1. The normalized spacial score (nSPS) is 16.4. The van der Waals surface area contributed by atoms with Crippen LogP contribution in [0, 0.1) is 0 Å². The molecule has 5 rings (SSSR count). The first-order valence-corrected chi connectivity index (χ1v) is 14.8. The molecule has 0 bridgehead atoms. The van der Waals surface area contributed by atoms with Crippen LogP contribution < -0.4 is 30.3 Å². The minimum atomic E-state index is -0.718. The molecule has 1 aromatic heterocycles. The Morgan fingerprint density at radius 1 is 0.956 bits per heavy atom. The summed E-state index contributed by atoms with van der Waals surface area (Å²) in [6.45, 7) is 4.61. The Bertz CT molecular complexity index is 1650. The van der Waals surface area contributed by atoms with Crippen LogP contribution in [0.5, 0.6) is 17.2 Å². The molecular weight excluding hydrogens is 580 g/mol. The number of furan rings is 1. The van der Waals surface area contributed by atoms with Gasteiger partial charge in [-0.3, -0.25) is 19.2 Å². The molecule has 238 valence electrons. The SMILES string of the molecule is COc1cc2c(c(OC)c1OC)-c1ccc(N[C@@H](C)C(=O)N3CCN(C(=O)c4ccco4)CC3)c(=O)cc1[C@@H](NC(C)=O)CC2. The number of nitrogens with zero attached hydrogens (tertiary/aromatic N) is 2. The predicted molar refractivity (Wildman–Crippen MR) is 167 cm³/mol. The van der Waals surface area contributed by atoms with Gasteiger partial charge in [0.1, 0.15) is 6.04 Å². The average molecular weight is 619 g/mol. The lowest BCUT2D eigenvalue weighted by Crippen LogP contribution is -2.53. The van der Waals surface area contributed by atoms with Crippen molar-refractivity contribution >= 4 is 23.4 Å². The van der Waals surface area contributed by atoms with E-state index in [4.69, 9.17) is 18.6 Å². The van der Waals surface area contributed by atoms with E-state index >= 15 is 0 Å². The molecule has 12 heteroatoms. The van der Waals surface area contributed by atoms with Crippen LogP contribution in [0.1, 0.15) is 48.0 Å². The average Bonchev–Trinajstić information content (AvgIpc) is 3.49. The lowest BCUT2D eigenvalue weighted by atomic mass is 9.95. The third kappa shape index (κ3) is 6.31. The number of rotatable bonds is 8. The van der Waals surface area contributed by atoms with E-state index in [1.165, 1.54) is 26.4 Å². The second-order valence-electron chi connectivity index (χ2n) is 11.1. The molecule has 1 aliphatic heterocycles. The van der Waals surface area contributed by atoms with Crippen LogP contribution in [-0.4, -0.2) is 81.1 Å². The monoisotopic (exact) mass is 618 g/mol. The molecule has 2 N–H and O–H groups in total. The third-order valence-corrected chi connectivity index (χ3v) is 8.27. The van der Waals surface area contributed by atoms with E-state index in [0.717, 1.165) is 11.1 Å². The predicted octanol–water partition coefficient (Wildman–Crippen LogP) is 3.24. The molecule has 1 saturated heterocycles. The molecule has 2 aliphatic rings. The molecular formula is C33H38N4O8. The molecule has 2 heterocycles. The number of carbonyl (C=O) groups is 3. The van der Waals surface area contributed by atoms with Gasteiger partial charge in [-0.25, -0.2) is 0 Å². The van der Waals surface area contributed by atoms with Crippen LogP contribution in [0.2, 0.25) is 0 Å². The topological polar surface area (TPSA) is 140 Å². The summed E-state index contributed by atoms with van der Waals surface area (Å²) >= 11 is 0. The number of hydrogen-bond donors (Lipinski definition) is 2. The number of amides is 3. The van der Waals surface area contributed by atoms with E-state index in [2.05, 4.69) is 10.6 Å². The van der Waals surface area contributed by atoms with Gasteiger partial charge in [0.05, 0.1) is 39.3 Å². The van der Waals surface area contributed by atoms with Gasteiger partial charge in [0.2, 0.25) is 23.0 Å². The Morgan fingerprint density at radius 2 is 1.67 bits per heavy atom. The second-order valence-corrected chi connectivity index (χ2v) is 11.1. The summed E-state index contributed by atoms with van der Waals surface area (Å²) in [7, 11) is 4.63. The van der Waals surface area contributed by atoms with Crippen LogP contribution in [0.3, 0.4) is 0 Å². The molecule has 0 radical (unpaired) electrons. The number of carbonyl (C=O) groups excluding carboxylic acids is 3. The summed E-state index contributed by atoms with van der Waals surface area (Å²) in [5.41, 5.74) is 2.89. The number of fused-ring (bicyclic) bond motifs is 3. The largest absolute Gasteiger partial charge is 0.493 e. The quantitative estimate of drug-likeness (QED) is 0.390. The van der Waals surface area contributed by atoms with Gasteiger partial charge in [0.25, 0.3) is 5.91 Å². The standard InChI is InChI=1S/C33H38N4O8/c1-19(32(40)36-12-14-37(15-13-36)33(41)27-7-6-16-45-27)34-25-11-9-22-23(18-26(25)39)24(35-20(2)38)10-8-21-17-28(42-3)30(43-4)31(44-5)29(21)22/h6-7,9,11,16-19,24H,8,10,12-15H2,1-5H3,(H,34,39)(H,35,38)/t19-,24-/m0/s1. The molecule has 2 aromatic carbocycles. The molecule has 3 amide bonds. The van der Waals surface area contributed by atoms with E-state index in [1.54, 1.807) is 49.1 Å². The van der Waals surface area contributed by atoms with Gasteiger partial charge in [-0.05, 0) is 66.8 Å². The zero-order valence-electron chi connectivity index (χ0n) is 26.1. The van der Waals surface area contributed by atoms with Crippen LogP contribution in [0.4, 0.5) is 5.69 Å². The van der Waals surface area contributed by atoms with Crippen molar-refractivity contribution < 1.29 is 33.0 Å². The van der Waals surface area contributed by atoms with Crippen molar-refractivity contribution in [2.24, 2.45) is 0 Å². The molecule has 3 aromatic rings. The minimum absolute atomic E-state index is 0.187. The van der Waals surface area contributed by atoms with Crippen molar-refractivity contribution in [3.8, 4) is 28.4 Å². The summed E-state index contributed by atoms with van der Waals surface area (Å²) < 4.78 is 22.3. The summed E-state index contributed by atoms with van der Waals surface area (Å²) in [5, 5.41) is 6.10. The zero-order chi connectivity index (χ0) is 32.2. The number of benzene rings is 1. The van der Waals surface area contributed by atoms with E-state index in [0.29, 0.717) is 67.4 Å². The highest BCUT2D eigenvalue weighted by atomic mass is 16.5. The number of hydrogen-bond acceptors (Lipinski definition) is 9. The molecule has 1 aliphatic carbocycles. The first-order valence-electron chi connectivity index (χ1n) is 14.8. The van der Waals surface area contributed by atoms with Gasteiger partial charge in [-0.2, -0.15) is 0 Å². The van der Waals surface area contributed by atoms with Crippen molar-refractivity contribution in [1.29, 1.82) is 0 Å². The van der Waals surface area contributed by atoms with Gasteiger partial charge in [-0.1, -0.05) is 6.07 Å². The lowest BCUT2D eigenvalue weighted by molar-refractivity contribution is -0.133. The van der Waals surface area contributed by atoms with Gasteiger partial charge in [0, 0.05) is 38.7 Å². The number of anilines is 1. The lowest BCUT2D eigenvalue weighted by Gasteiger charge is -2.35. The molecule has 0 saturated carbocycles. The minimum Gasteiger partial charge on any atom is -0.493 e. The smallest absolute Gasteiger partial charge is 0.289 e. The van der Waals surface area contributed by atoms with E-state index in [-0.39, 0.29) is 34.6 Å². The Labute approximate surface area is 261 Å². The van der Waals surface area contributed by atoms with Crippen molar-refractivity contribution in [2.45, 2.75) is 38.8 Å². The highest BCUT2D eigenvalue weighted by Crippen LogP contribution is 2.50. The molecule has 45 heavy (non-hydrogen) atoms. The zero-order valence-corrected chi connectivity index (χ0v) is 26.1. The van der Waals surface area contributed by atoms with Crippen LogP contribution in [0.25, 0.3) is 11.1 Å². The fraction of sp³-hybridized carbons (Fsp3) is 0.394. The third-order valence-electron chi connectivity index (χ3n) is 8.27. The van der Waals surface area contributed by atoms with Gasteiger partial charge >= 0.3 is 0 Å². The van der Waals surface area contributed by atoms with E-state index in [9.17, 15) is 19.2 Å². The van der Waals surface area contributed by atoms with E-state index < -0.39 is 12.1 Å². The molecule has 12 nitrogen and oxygen atoms in total. The highest BCUT2D eigenvalue weighted by molar-refractivity contribution is 5.92. The Balaban J connectivity index is 1.44. The number of methoxy groups -OCH3 is 3. The molecule has 0 unspecified atom stereocenters. The van der Waals surface area contributed by atoms with Crippen LogP contribution >= 0.6 is 0 Å². The highest BCUT2D eigenvalue weighted by Gasteiger charge is 2.31. The Kier molecular flexibility index (Phi) is 9.31.